The molecule has 2 heteroatoms. The van der Waals surface area contributed by atoms with Crippen molar-refractivity contribution in [2.45, 2.75) is 52.7 Å². The fourth-order valence-electron chi connectivity index (χ4n) is 2.28. The fraction of sp³-hybridized carbons (Fsp3) is 1.00. The summed E-state index contributed by atoms with van der Waals surface area (Å²) in [6.07, 6.45) is 3.14. The van der Waals surface area contributed by atoms with Crippen LogP contribution in [0.4, 0.5) is 0 Å². The Morgan fingerprint density at radius 2 is 1.46 bits per heavy atom. The van der Waals surface area contributed by atoms with Crippen LogP contribution in [0.25, 0.3) is 0 Å². The van der Waals surface area contributed by atoms with Gasteiger partial charge in [-0.2, -0.15) is 0 Å². The minimum Gasteiger partial charge on any atom is -0.368 e. The first-order valence-electron chi connectivity index (χ1n) is 5.27. The van der Waals surface area contributed by atoms with Crippen molar-refractivity contribution in [2.24, 2.45) is 17.3 Å². The second-order valence-corrected chi connectivity index (χ2v) is 5.39. The zero-order valence-corrected chi connectivity index (χ0v) is 8.95. The first kappa shape index (κ1) is 11.0. The molecule has 1 aliphatic rings. The maximum Gasteiger partial charge on any atom is 0.154 e. The fourth-order valence-corrected chi connectivity index (χ4v) is 2.28. The molecule has 0 spiro atoms. The predicted molar refractivity (Wildman–Crippen MR) is 53.1 cm³/mol. The van der Waals surface area contributed by atoms with Crippen LogP contribution in [0.15, 0.2) is 0 Å². The van der Waals surface area contributed by atoms with E-state index in [9.17, 15) is 0 Å². The van der Waals surface area contributed by atoms with Gasteiger partial charge < -0.3 is 10.2 Å². The van der Waals surface area contributed by atoms with Gasteiger partial charge in [0.15, 0.2) is 6.29 Å². The summed E-state index contributed by atoms with van der Waals surface area (Å²) in [6.45, 7) is 6.81. The van der Waals surface area contributed by atoms with Crippen LogP contribution < -0.4 is 0 Å². The van der Waals surface area contributed by atoms with Gasteiger partial charge in [0, 0.05) is 5.92 Å². The van der Waals surface area contributed by atoms with Crippen LogP contribution in [0.2, 0.25) is 0 Å². The summed E-state index contributed by atoms with van der Waals surface area (Å²) in [4.78, 5) is 0. The van der Waals surface area contributed by atoms with Crippen molar-refractivity contribution in [1.29, 1.82) is 0 Å². The average Bonchev–Trinajstić information content (AvgIpc) is 2.03. The lowest BCUT2D eigenvalue weighted by Crippen LogP contribution is -2.30. The van der Waals surface area contributed by atoms with E-state index >= 15 is 0 Å². The zero-order valence-electron chi connectivity index (χ0n) is 8.95. The van der Waals surface area contributed by atoms with Gasteiger partial charge in [0.1, 0.15) is 0 Å². The third-order valence-electron chi connectivity index (χ3n) is 3.42. The van der Waals surface area contributed by atoms with Crippen LogP contribution in [0, 0.1) is 17.3 Å². The van der Waals surface area contributed by atoms with Gasteiger partial charge in [-0.3, -0.25) is 0 Å². The molecule has 1 rings (SSSR count). The molecule has 0 aromatic heterocycles. The van der Waals surface area contributed by atoms with Gasteiger partial charge in [-0.15, -0.1) is 0 Å². The first-order valence-corrected chi connectivity index (χ1v) is 5.27. The Bertz CT molecular complexity index is 150. The molecule has 0 saturated heterocycles. The largest absolute Gasteiger partial charge is 0.368 e. The molecule has 1 fully saturated rings. The summed E-state index contributed by atoms with van der Waals surface area (Å²) in [7, 11) is 0. The highest BCUT2D eigenvalue weighted by molar-refractivity contribution is 4.80. The second kappa shape index (κ2) is 3.97. The second-order valence-electron chi connectivity index (χ2n) is 5.39. The molecule has 0 aromatic carbocycles. The van der Waals surface area contributed by atoms with E-state index in [-0.39, 0.29) is 5.92 Å². The molecule has 0 unspecified atom stereocenters. The molecule has 0 radical (unpaired) electrons. The van der Waals surface area contributed by atoms with E-state index in [4.69, 9.17) is 10.2 Å². The Labute approximate surface area is 81.0 Å². The van der Waals surface area contributed by atoms with Crippen molar-refractivity contribution in [3.63, 3.8) is 0 Å². The van der Waals surface area contributed by atoms with Gasteiger partial charge in [-0.25, -0.2) is 0 Å². The summed E-state index contributed by atoms with van der Waals surface area (Å²) in [5.41, 5.74) is 0.380. The smallest absolute Gasteiger partial charge is 0.154 e. The van der Waals surface area contributed by atoms with E-state index < -0.39 is 6.29 Å². The molecule has 1 saturated carbocycles. The lowest BCUT2D eigenvalue weighted by atomic mass is 9.70. The maximum atomic E-state index is 9.02. The first-order chi connectivity index (χ1) is 5.91. The Hall–Kier alpha value is -0.0800. The normalized spacial score (nSPS) is 30.9. The van der Waals surface area contributed by atoms with Crippen LogP contribution in [0.3, 0.4) is 0 Å². The molecule has 1 aliphatic carbocycles. The van der Waals surface area contributed by atoms with Gasteiger partial charge in [0.25, 0.3) is 0 Å². The SMILES string of the molecule is CC(C)(C)C1CCC(C(O)O)CC1. The number of aliphatic hydroxyl groups excluding tert-OH is 1. The minimum atomic E-state index is -1.10. The van der Waals surface area contributed by atoms with Gasteiger partial charge >= 0.3 is 0 Å². The minimum absolute atomic E-state index is 0.124. The molecule has 0 amide bonds. The predicted octanol–water partition coefficient (Wildman–Crippen LogP) is 2.15. The molecule has 0 aromatic rings. The van der Waals surface area contributed by atoms with Crippen LogP contribution >= 0.6 is 0 Å². The van der Waals surface area contributed by atoms with Crippen molar-refractivity contribution in [2.75, 3.05) is 0 Å². The Balaban J connectivity index is 2.39. The Kier molecular flexibility index (Phi) is 3.36. The summed E-state index contributed by atoms with van der Waals surface area (Å²) in [5.74, 6) is 0.876. The number of aliphatic hydroxyl groups is 2. The molecule has 2 nitrogen and oxygen atoms in total. The highest BCUT2D eigenvalue weighted by Crippen LogP contribution is 2.40. The number of rotatable bonds is 1. The van der Waals surface area contributed by atoms with E-state index in [1.807, 2.05) is 0 Å². The standard InChI is InChI=1S/C11H22O2/c1-11(2,3)9-6-4-8(5-7-9)10(12)13/h8-10,12-13H,4-7H2,1-3H3. The highest BCUT2D eigenvalue weighted by Gasteiger charge is 2.31. The van der Waals surface area contributed by atoms with Crippen LogP contribution in [0.1, 0.15) is 46.5 Å². The molecule has 0 heterocycles. The van der Waals surface area contributed by atoms with Crippen LogP contribution in [-0.2, 0) is 0 Å². The summed E-state index contributed by atoms with van der Waals surface area (Å²) >= 11 is 0. The van der Waals surface area contributed by atoms with Crippen molar-refractivity contribution >= 4 is 0 Å². The van der Waals surface area contributed by atoms with Crippen molar-refractivity contribution < 1.29 is 10.2 Å². The third kappa shape index (κ3) is 2.96. The Morgan fingerprint density at radius 1 is 1.00 bits per heavy atom. The zero-order chi connectivity index (χ0) is 10.1. The molecule has 13 heavy (non-hydrogen) atoms. The topological polar surface area (TPSA) is 40.5 Å². The van der Waals surface area contributed by atoms with Crippen LogP contribution in [-0.4, -0.2) is 16.5 Å². The molecule has 0 aliphatic heterocycles. The van der Waals surface area contributed by atoms with E-state index in [0.717, 1.165) is 31.6 Å². The number of hydrogen-bond acceptors (Lipinski definition) is 2. The van der Waals surface area contributed by atoms with Gasteiger partial charge in [0.05, 0.1) is 0 Å². The molecule has 0 bridgehead atoms. The van der Waals surface area contributed by atoms with Gasteiger partial charge in [0.2, 0.25) is 0 Å². The van der Waals surface area contributed by atoms with Crippen molar-refractivity contribution in [1.82, 2.24) is 0 Å². The molecule has 0 atom stereocenters. The molecule has 2 N–H and O–H groups in total. The monoisotopic (exact) mass is 186 g/mol. The molecular weight excluding hydrogens is 164 g/mol. The van der Waals surface area contributed by atoms with E-state index in [0.29, 0.717) is 5.41 Å². The van der Waals surface area contributed by atoms with Crippen LogP contribution in [0.5, 0.6) is 0 Å². The van der Waals surface area contributed by atoms with E-state index in [2.05, 4.69) is 20.8 Å². The lowest BCUT2D eigenvalue weighted by molar-refractivity contribution is -0.0991. The van der Waals surface area contributed by atoms with Crippen molar-refractivity contribution in [3.05, 3.63) is 0 Å². The number of hydrogen-bond donors (Lipinski definition) is 2. The van der Waals surface area contributed by atoms with E-state index in [1.54, 1.807) is 0 Å². The maximum absolute atomic E-state index is 9.02. The van der Waals surface area contributed by atoms with Crippen molar-refractivity contribution in [3.8, 4) is 0 Å². The van der Waals surface area contributed by atoms with Gasteiger partial charge in [-0.05, 0) is 37.0 Å². The summed E-state index contributed by atoms with van der Waals surface area (Å²) < 4.78 is 0. The lowest BCUT2D eigenvalue weighted by Gasteiger charge is -2.37. The van der Waals surface area contributed by atoms with E-state index in [1.165, 1.54) is 0 Å². The molecular formula is C11H22O2. The Morgan fingerprint density at radius 3 is 1.77 bits per heavy atom. The third-order valence-corrected chi connectivity index (χ3v) is 3.42. The van der Waals surface area contributed by atoms with Gasteiger partial charge in [-0.1, -0.05) is 20.8 Å². The quantitative estimate of drug-likeness (QED) is 0.616. The summed E-state index contributed by atoms with van der Waals surface area (Å²) in [5, 5.41) is 18.0. The average molecular weight is 186 g/mol. The highest BCUT2D eigenvalue weighted by atomic mass is 16.5. The molecule has 78 valence electrons. The summed E-state index contributed by atoms with van der Waals surface area (Å²) in [6, 6.07) is 0.